The summed E-state index contributed by atoms with van der Waals surface area (Å²) >= 11 is 0. The molecule has 1 unspecified atom stereocenters. The lowest BCUT2D eigenvalue weighted by Gasteiger charge is -2.28. The first kappa shape index (κ1) is 24.2. The molecule has 12 nitrogen and oxygen atoms in total. The predicted octanol–water partition coefficient (Wildman–Crippen LogP) is -0.395. The van der Waals surface area contributed by atoms with Gasteiger partial charge in [0.1, 0.15) is 0 Å². The maximum atomic E-state index is 11.4. The number of carboxylic acid groups (broad SMARTS) is 3. The number of carboxylic acids is 3. The summed E-state index contributed by atoms with van der Waals surface area (Å²) in [5.41, 5.74) is 0. The third-order valence-corrected chi connectivity index (χ3v) is 5.62. The van der Waals surface area contributed by atoms with Crippen LogP contribution in [0.5, 0.6) is 0 Å². The predicted molar refractivity (Wildman–Crippen MR) is 94.2 cm³/mol. The van der Waals surface area contributed by atoms with Crippen LogP contribution in [0.15, 0.2) is 12.2 Å². The number of carbonyl (C=O) groups is 5. The Balaban J connectivity index is 0.000000311. The minimum absolute atomic E-state index is 0.249. The molecule has 1 saturated carbocycles. The van der Waals surface area contributed by atoms with Gasteiger partial charge in [-0.3, -0.25) is 33.4 Å². The van der Waals surface area contributed by atoms with Gasteiger partial charge in [-0.15, -0.1) is 0 Å². The van der Waals surface area contributed by atoms with E-state index in [1.54, 1.807) is 0 Å². The molecule has 2 rings (SSSR count). The second-order valence-electron chi connectivity index (χ2n) is 6.62. The zero-order valence-corrected chi connectivity index (χ0v) is 15.9. The number of amides is 2. The van der Waals surface area contributed by atoms with Crippen LogP contribution in [-0.2, 0) is 34.1 Å². The summed E-state index contributed by atoms with van der Waals surface area (Å²) in [6.45, 7) is 0.428. The molecule has 1 aliphatic carbocycles. The van der Waals surface area contributed by atoms with Crippen molar-refractivity contribution in [2.75, 3.05) is 6.54 Å². The lowest BCUT2D eigenvalue weighted by molar-refractivity contribution is -0.144. The number of imide groups is 1. The van der Waals surface area contributed by atoms with Gasteiger partial charge >= 0.3 is 17.9 Å². The number of aliphatic carboxylic acids is 3. The third kappa shape index (κ3) is 7.62. The van der Waals surface area contributed by atoms with Crippen molar-refractivity contribution in [3.8, 4) is 0 Å². The monoisotopic (exact) mass is 435 g/mol. The molecule has 1 heterocycles. The minimum atomic E-state index is -4.84. The van der Waals surface area contributed by atoms with Crippen LogP contribution in [0.25, 0.3) is 0 Å². The van der Waals surface area contributed by atoms with Gasteiger partial charge in [-0.05, 0) is 31.6 Å². The second-order valence-corrected chi connectivity index (χ2v) is 8.21. The Kier molecular flexibility index (Phi) is 8.45. The molecule has 0 bridgehead atoms. The van der Waals surface area contributed by atoms with Gasteiger partial charge in [0.15, 0.2) is 5.25 Å². The van der Waals surface area contributed by atoms with Crippen LogP contribution in [0.2, 0.25) is 0 Å². The number of hydrogen-bond donors (Lipinski definition) is 4. The molecule has 29 heavy (non-hydrogen) atoms. The average Bonchev–Trinajstić information content (AvgIpc) is 2.91. The molecular formula is C16H21NO11S. The Morgan fingerprint density at radius 2 is 1.48 bits per heavy atom. The zero-order chi connectivity index (χ0) is 22.4. The Morgan fingerprint density at radius 1 is 1.00 bits per heavy atom. The van der Waals surface area contributed by atoms with Gasteiger partial charge in [0.05, 0.1) is 12.3 Å². The van der Waals surface area contributed by atoms with Crippen LogP contribution in [-0.4, -0.2) is 74.7 Å². The summed E-state index contributed by atoms with van der Waals surface area (Å²) in [6.07, 6.45) is 4.24. The maximum Gasteiger partial charge on any atom is 0.325 e. The van der Waals surface area contributed by atoms with Crippen LogP contribution < -0.4 is 0 Å². The van der Waals surface area contributed by atoms with Gasteiger partial charge in [-0.1, -0.05) is 0 Å². The van der Waals surface area contributed by atoms with Crippen molar-refractivity contribution in [1.29, 1.82) is 0 Å². The molecule has 0 aromatic carbocycles. The van der Waals surface area contributed by atoms with Gasteiger partial charge in [-0.25, -0.2) is 0 Å². The van der Waals surface area contributed by atoms with Crippen LogP contribution in [0, 0.1) is 11.8 Å². The molecule has 0 radical (unpaired) electrons. The van der Waals surface area contributed by atoms with Crippen molar-refractivity contribution >= 4 is 39.8 Å². The number of hydrogen-bond acceptors (Lipinski definition) is 7. The van der Waals surface area contributed by atoms with E-state index in [1.165, 1.54) is 17.1 Å². The highest BCUT2D eigenvalue weighted by molar-refractivity contribution is 7.87. The van der Waals surface area contributed by atoms with Gasteiger partial charge in [0, 0.05) is 18.7 Å². The first-order valence-electron chi connectivity index (χ1n) is 8.50. The van der Waals surface area contributed by atoms with Gasteiger partial charge in [0.2, 0.25) is 0 Å². The van der Waals surface area contributed by atoms with Gasteiger partial charge in [0.25, 0.3) is 21.9 Å². The highest BCUT2D eigenvalue weighted by Crippen LogP contribution is 2.30. The second kappa shape index (κ2) is 10.1. The highest BCUT2D eigenvalue weighted by atomic mass is 32.2. The summed E-state index contributed by atoms with van der Waals surface area (Å²) in [6, 6.07) is 0. The lowest BCUT2D eigenvalue weighted by atomic mass is 9.82. The zero-order valence-electron chi connectivity index (χ0n) is 15.1. The molecule has 0 saturated heterocycles. The van der Waals surface area contributed by atoms with E-state index >= 15 is 0 Å². The Bertz CT molecular complexity index is 791. The van der Waals surface area contributed by atoms with Crippen LogP contribution in [0.1, 0.15) is 32.1 Å². The Morgan fingerprint density at radius 3 is 1.79 bits per heavy atom. The molecule has 2 amide bonds. The van der Waals surface area contributed by atoms with Crippen LogP contribution in [0.3, 0.4) is 0 Å². The number of rotatable bonds is 7. The van der Waals surface area contributed by atoms with Crippen molar-refractivity contribution in [3.05, 3.63) is 12.2 Å². The van der Waals surface area contributed by atoms with Crippen LogP contribution in [0.4, 0.5) is 0 Å². The summed E-state index contributed by atoms with van der Waals surface area (Å²) in [5.74, 6) is -4.75. The van der Waals surface area contributed by atoms with Crippen molar-refractivity contribution in [1.82, 2.24) is 4.90 Å². The van der Waals surface area contributed by atoms with E-state index in [-0.39, 0.29) is 23.7 Å². The number of nitrogens with zero attached hydrogens (tertiary/aromatic N) is 1. The van der Waals surface area contributed by atoms with Crippen LogP contribution >= 0.6 is 0 Å². The Hall–Kier alpha value is -2.80. The number of carbonyl (C=O) groups excluding carboxylic acids is 2. The molecule has 4 N–H and O–H groups in total. The summed E-state index contributed by atoms with van der Waals surface area (Å²) < 4.78 is 28.7. The standard InChI is InChI=1S/C12H15NO4.C4H6O7S/c14-10-5-6-11(15)13(10)7-8-1-3-9(4-2-8)12(16)17;5-3(6)1-2(4(7)8)12(9,10)11/h5-6,8-9H,1-4,7H2,(H,16,17);2H,1H2,(H,5,6)(H,7,8)(H,9,10,11). The first-order valence-corrected chi connectivity index (χ1v) is 10.0. The molecule has 162 valence electrons. The topological polar surface area (TPSA) is 204 Å². The van der Waals surface area contributed by atoms with Crippen molar-refractivity contribution in [2.45, 2.75) is 37.4 Å². The minimum Gasteiger partial charge on any atom is -0.481 e. The third-order valence-electron chi connectivity index (χ3n) is 4.53. The van der Waals surface area contributed by atoms with E-state index in [9.17, 15) is 32.4 Å². The summed E-state index contributed by atoms with van der Waals surface area (Å²) in [5, 5.41) is 22.8. The van der Waals surface area contributed by atoms with Gasteiger partial charge < -0.3 is 15.3 Å². The van der Waals surface area contributed by atoms with E-state index in [0.29, 0.717) is 19.4 Å². The van der Waals surface area contributed by atoms with Gasteiger partial charge in [-0.2, -0.15) is 8.42 Å². The molecule has 1 atom stereocenters. The summed E-state index contributed by atoms with van der Waals surface area (Å²) in [4.78, 5) is 54.7. The fourth-order valence-electron chi connectivity index (χ4n) is 2.94. The van der Waals surface area contributed by atoms with Crippen molar-refractivity contribution < 1.29 is 52.3 Å². The highest BCUT2D eigenvalue weighted by Gasteiger charge is 2.33. The van der Waals surface area contributed by atoms with Crippen molar-refractivity contribution in [3.63, 3.8) is 0 Å². The average molecular weight is 435 g/mol. The van der Waals surface area contributed by atoms with E-state index in [4.69, 9.17) is 19.9 Å². The fourth-order valence-corrected chi connectivity index (χ4v) is 3.55. The molecule has 13 heteroatoms. The molecule has 0 aromatic rings. The maximum absolute atomic E-state index is 11.4. The lowest BCUT2D eigenvalue weighted by Crippen LogP contribution is -2.36. The fraction of sp³-hybridized carbons (Fsp3) is 0.562. The SMILES string of the molecule is O=C(O)C1CCC(CN2C(=O)C=CC2=O)CC1.O=C(O)CC(C(=O)O)S(=O)(=O)O. The van der Waals surface area contributed by atoms with E-state index in [2.05, 4.69) is 0 Å². The smallest absolute Gasteiger partial charge is 0.325 e. The molecule has 0 aromatic heterocycles. The molecule has 0 spiro atoms. The largest absolute Gasteiger partial charge is 0.481 e. The molecular weight excluding hydrogens is 414 g/mol. The Labute approximate surface area is 165 Å². The molecule has 1 aliphatic heterocycles. The summed E-state index contributed by atoms with van der Waals surface area (Å²) in [7, 11) is -4.84. The molecule has 2 aliphatic rings. The quantitative estimate of drug-likeness (QED) is 0.299. The van der Waals surface area contributed by atoms with Crippen molar-refractivity contribution in [2.24, 2.45) is 11.8 Å². The normalized spacial score (nSPS) is 22.6. The van der Waals surface area contributed by atoms with E-state index < -0.39 is 39.7 Å². The van der Waals surface area contributed by atoms with E-state index in [1.807, 2.05) is 0 Å². The first-order chi connectivity index (χ1) is 13.3. The van der Waals surface area contributed by atoms with E-state index in [0.717, 1.165) is 12.8 Å². The molecule has 1 fully saturated rings.